The van der Waals surface area contributed by atoms with Crippen LogP contribution in [0.4, 0.5) is 4.39 Å². The van der Waals surface area contributed by atoms with E-state index < -0.39 is 0 Å². The molecule has 0 amide bonds. The molecule has 3 aromatic rings. The van der Waals surface area contributed by atoms with Crippen LogP contribution in [-0.2, 0) is 0 Å². The molecule has 0 spiro atoms. The van der Waals surface area contributed by atoms with Crippen LogP contribution < -0.4 is 0 Å². The van der Waals surface area contributed by atoms with Crippen molar-refractivity contribution < 1.29 is 4.39 Å². The number of nitrogens with zero attached hydrogens (tertiary/aromatic N) is 2. The quantitative estimate of drug-likeness (QED) is 0.486. The van der Waals surface area contributed by atoms with Gasteiger partial charge in [-0.2, -0.15) is 0 Å². The molecule has 2 nitrogen and oxygen atoms in total. The minimum Gasteiger partial charge on any atom is -0.284 e. The van der Waals surface area contributed by atoms with Crippen molar-refractivity contribution in [2.24, 2.45) is 4.99 Å². The number of rotatable bonds is 3. The van der Waals surface area contributed by atoms with E-state index >= 15 is 0 Å². The zero-order valence-corrected chi connectivity index (χ0v) is 16.8. The smallest absolute Gasteiger partial charge is 0.131 e. The van der Waals surface area contributed by atoms with Crippen LogP contribution in [0.1, 0.15) is 24.0 Å². The van der Waals surface area contributed by atoms with Gasteiger partial charge in [0.05, 0.1) is 5.71 Å². The van der Waals surface area contributed by atoms with Gasteiger partial charge in [0.1, 0.15) is 5.82 Å². The van der Waals surface area contributed by atoms with Gasteiger partial charge >= 0.3 is 0 Å². The summed E-state index contributed by atoms with van der Waals surface area (Å²) >= 11 is 0. The molecule has 0 saturated heterocycles. The average molecular weight is 415 g/mol. The van der Waals surface area contributed by atoms with Gasteiger partial charge in [0.2, 0.25) is 0 Å². The Kier molecular flexibility index (Phi) is 7.91. The Hall–Kier alpha value is -2.49. The van der Waals surface area contributed by atoms with Gasteiger partial charge in [-0.1, -0.05) is 42.5 Å². The highest BCUT2D eigenvalue weighted by Gasteiger charge is 2.14. The van der Waals surface area contributed by atoms with Crippen molar-refractivity contribution in [2.75, 3.05) is 6.54 Å². The third kappa shape index (κ3) is 4.86. The Morgan fingerprint density at radius 3 is 2.39 bits per heavy atom. The lowest BCUT2D eigenvalue weighted by Gasteiger charge is -2.16. The lowest BCUT2D eigenvalue weighted by molar-refractivity contribution is 0.631. The molecule has 0 N–H and O–H groups in total. The molecule has 0 atom stereocenters. The number of pyridine rings is 1. The van der Waals surface area contributed by atoms with Crippen molar-refractivity contribution in [1.82, 2.24) is 4.98 Å². The van der Waals surface area contributed by atoms with Gasteiger partial charge in [-0.3, -0.25) is 9.98 Å². The first-order chi connectivity index (χ1) is 12.8. The molecule has 0 bridgehead atoms. The highest BCUT2D eigenvalue weighted by atomic mass is 35.5. The van der Waals surface area contributed by atoms with Crippen molar-refractivity contribution in [3.63, 3.8) is 0 Å². The molecule has 144 valence electrons. The molecule has 4 rings (SSSR count). The van der Waals surface area contributed by atoms with Crippen LogP contribution in [0.2, 0.25) is 0 Å². The fourth-order valence-corrected chi connectivity index (χ4v) is 3.27. The molecule has 0 aliphatic carbocycles. The van der Waals surface area contributed by atoms with Gasteiger partial charge in [0.25, 0.3) is 0 Å². The molecular formula is C23H21Cl2FN2. The Bertz CT molecular complexity index is 970. The van der Waals surface area contributed by atoms with Crippen LogP contribution in [-0.4, -0.2) is 17.2 Å². The summed E-state index contributed by atoms with van der Waals surface area (Å²) in [7, 11) is 0. The molecule has 1 aliphatic rings. The van der Waals surface area contributed by atoms with E-state index in [9.17, 15) is 4.39 Å². The standard InChI is InChI=1S/C23H19FN2.2ClH/c24-22-15-17(10-11-21(22)18-6-2-1-3-7-18)14-19-8-5-13-26-23(19)20-9-4-12-25-16-20;;/h1-4,6-7,9-12,14-16H,5,8,13H2;2*1H/b19-14+;;. The van der Waals surface area contributed by atoms with Gasteiger partial charge in [0.15, 0.2) is 0 Å². The minimum absolute atomic E-state index is 0. The van der Waals surface area contributed by atoms with E-state index in [0.717, 1.165) is 47.4 Å². The second kappa shape index (κ2) is 10.2. The minimum atomic E-state index is -0.207. The number of hydrogen-bond acceptors (Lipinski definition) is 2. The monoisotopic (exact) mass is 414 g/mol. The second-order valence-electron chi connectivity index (χ2n) is 6.35. The van der Waals surface area contributed by atoms with Crippen LogP contribution in [0.3, 0.4) is 0 Å². The summed E-state index contributed by atoms with van der Waals surface area (Å²) in [5.74, 6) is -0.207. The van der Waals surface area contributed by atoms with Gasteiger partial charge in [0, 0.05) is 30.1 Å². The molecule has 28 heavy (non-hydrogen) atoms. The maximum Gasteiger partial charge on any atom is 0.131 e. The molecule has 1 aromatic heterocycles. The highest BCUT2D eigenvalue weighted by Crippen LogP contribution is 2.26. The largest absolute Gasteiger partial charge is 0.284 e. The lowest BCUT2D eigenvalue weighted by Crippen LogP contribution is -2.11. The number of hydrogen-bond donors (Lipinski definition) is 0. The summed E-state index contributed by atoms with van der Waals surface area (Å²) in [4.78, 5) is 8.87. The zero-order valence-electron chi connectivity index (χ0n) is 15.2. The van der Waals surface area contributed by atoms with Gasteiger partial charge < -0.3 is 0 Å². The molecule has 5 heteroatoms. The van der Waals surface area contributed by atoms with Crippen LogP contribution in [0, 0.1) is 5.82 Å². The second-order valence-corrected chi connectivity index (χ2v) is 6.35. The summed E-state index contributed by atoms with van der Waals surface area (Å²) in [5.41, 5.74) is 5.49. The Morgan fingerprint density at radius 1 is 0.893 bits per heavy atom. The third-order valence-electron chi connectivity index (χ3n) is 4.53. The lowest BCUT2D eigenvalue weighted by atomic mass is 9.94. The fraction of sp³-hybridized carbons (Fsp3) is 0.130. The summed E-state index contributed by atoms with van der Waals surface area (Å²) in [6.07, 6.45) is 7.59. The van der Waals surface area contributed by atoms with Crippen LogP contribution in [0.5, 0.6) is 0 Å². The van der Waals surface area contributed by atoms with Crippen molar-refractivity contribution in [3.8, 4) is 11.1 Å². The molecule has 2 heterocycles. The van der Waals surface area contributed by atoms with Crippen molar-refractivity contribution in [3.05, 3.63) is 95.6 Å². The first kappa shape index (κ1) is 21.8. The maximum atomic E-state index is 14.6. The van der Waals surface area contributed by atoms with E-state index in [2.05, 4.69) is 9.98 Å². The number of halogens is 3. The molecule has 2 aromatic carbocycles. The summed E-state index contributed by atoms with van der Waals surface area (Å²) in [5, 5.41) is 0. The highest BCUT2D eigenvalue weighted by molar-refractivity contribution is 6.15. The average Bonchev–Trinajstić information content (AvgIpc) is 2.70. The van der Waals surface area contributed by atoms with Gasteiger partial charge in [-0.15, -0.1) is 24.8 Å². The summed E-state index contributed by atoms with van der Waals surface area (Å²) in [6.45, 7) is 0.822. The van der Waals surface area contributed by atoms with E-state index in [0.29, 0.717) is 5.56 Å². The Morgan fingerprint density at radius 2 is 1.68 bits per heavy atom. The summed E-state index contributed by atoms with van der Waals surface area (Å²) in [6, 6.07) is 19.0. The van der Waals surface area contributed by atoms with Crippen LogP contribution >= 0.6 is 24.8 Å². The third-order valence-corrected chi connectivity index (χ3v) is 4.53. The van der Waals surface area contributed by atoms with Crippen LogP contribution in [0.15, 0.2) is 83.6 Å². The number of allylic oxidation sites excluding steroid dienone is 1. The van der Waals surface area contributed by atoms with Crippen molar-refractivity contribution in [2.45, 2.75) is 12.8 Å². The topological polar surface area (TPSA) is 25.2 Å². The maximum absolute atomic E-state index is 14.6. The van der Waals surface area contributed by atoms with E-state index in [1.807, 2.05) is 66.9 Å². The van der Waals surface area contributed by atoms with Crippen LogP contribution in [0.25, 0.3) is 17.2 Å². The molecule has 0 fully saturated rings. The Labute approximate surface area is 177 Å². The van der Waals surface area contributed by atoms with Gasteiger partial charge in [-0.25, -0.2) is 4.39 Å². The summed E-state index contributed by atoms with van der Waals surface area (Å²) < 4.78 is 14.6. The van der Waals surface area contributed by atoms with E-state index in [1.54, 1.807) is 12.3 Å². The molecule has 0 radical (unpaired) electrons. The van der Waals surface area contributed by atoms with E-state index in [-0.39, 0.29) is 30.6 Å². The fourth-order valence-electron chi connectivity index (χ4n) is 3.27. The molecule has 1 aliphatic heterocycles. The molecule has 0 unspecified atom stereocenters. The van der Waals surface area contributed by atoms with Crippen molar-refractivity contribution >= 4 is 36.6 Å². The van der Waals surface area contributed by atoms with E-state index in [1.165, 1.54) is 0 Å². The van der Waals surface area contributed by atoms with Crippen molar-refractivity contribution in [1.29, 1.82) is 0 Å². The normalized spacial score (nSPS) is 14.6. The predicted molar refractivity (Wildman–Crippen MR) is 119 cm³/mol. The predicted octanol–water partition coefficient (Wildman–Crippen LogP) is 6.40. The first-order valence-corrected chi connectivity index (χ1v) is 8.82. The van der Waals surface area contributed by atoms with Gasteiger partial charge in [-0.05, 0) is 53.8 Å². The zero-order chi connectivity index (χ0) is 17.8. The number of aromatic nitrogens is 1. The molecule has 0 saturated carbocycles. The number of benzene rings is 2. The molecular weight excluding hydrogens is 394 g/mol. The first-order valence-electron chi connectivity index (χ1n) is 8.82. The van der Waals surface area contributed by atoms with E-state index in [4.69, 9.17) is 0 Å². The SMILES string of the molecule is Cl.Cl.Fc1cc(/C=C2\CCCN=C2c2cccnc2)ccc1-c1ccccc1. The Balaban J connectivity index is 0.00000140. The number of aliphatic imine (C=N–C) groups is 1.